The van der Waals surface area contributed by atoms with Gasteiger partial charge in [-0.1, -0.05) is 19.9 Å². The van der Waals surface area contributed by atoms with Crippen LogP contribution in [0.25, 0.3) is 0 Å². The molecule has 0 aromatic heterocycles. The lowest BCUT2D eigenvalue weighted by atomic mass is 10.0. The van der Waals surface area contributed by atoms with Crippen molar-refractivity contribution in [3.05, 3.63) is 35.5 Å². The smallest absolute Gasteiger partial charge is 0.403 e. The van der Waals surface area contributed by atoms with Gasteiger partial charge in [0.2, 0.25) is 0 Å². The van der Waals surface area contributed by atoms with Crippen LogP contribution in [0, 0.1) is 11.7 Å². The average molecular weight is 221 g/mol. The third-order valence-corrected chi connectivity index (χ3v) is 1.73. The highest BCUT2D eigenvalue weighted by atomic mass is 19.4. The molecule has 0 N–H and O–H groups in total. The highest BCUT2D eigenvalue weighted by Gasteiger charge is 2.32. The lowest BCUT2D eigenvalue weighted by Crippen LogP contribution is -2.18. The first-order chi connectivity index (χ1) is 6.79. The number of hydrogen-bond acceptors (Lipinski definition) is 1. The van der Waals surface area contributed by atoms with E-state index in [1.54, 1.807) is 13.8 Å². The Morgan fingerprint density at radius 1 is 1.20 bits per heavy atom. The molecule has 0 bridgehead atoms. The van der Waals surface area contributed by atoms with E-state index in [4.69, 9.17) is 0 Å². The molecule has 1 nitrogen and oxygen atoms in total. The van der Waals surface area contributed by atoms with Crippen LogP contribution < -0.4 is 4.74 Å². The molecular weight excluding hydrogens is 212 g/mol. The number of rotatable bonds is 2. The molecule has 1 radical (unpaired) electrons. The molecule has 0 heterocycles. The van der Waals surface area contributed by atoms with Crippen LogP contribution in [0.3, 0.4) is 0 Å². The van der Waals surface area contributed by atoms with Crippen LogP contribution in [0.5, 0.6) is 5.75 Å². The topological polar surface area (TPSA) is 9.23 Å². The lowest BCUT2D eigenvalue weighted by Gasteiger charge is -2.11. The number of alkyl halides is 3. The standard InChI is InChI=1S/C10H9F4O/c1-6(2)7-3-4-9(8(11)5-7)15-10(12,13)14/h3-5H,1-2H3. The quantitative estimate of drug-likeness (QED) is 0.692. The zero-order valence-corrected chi connectivity index (χ0v) is 8.15. The second-order valence-electron chi connectivity index (χ2n) is 3.19. The van der Waals surface area contributed by atoms with Gasteiger partial charge in [0.05, 0.1) is 0 Å². The highest BCUT2D eigenvalue weighted by Crippen LogP contribution is 2.27. The molecule has 1 rings (SSSR count). The van der Waals surface area contributed by atoms with Gasteiger partial charge in [-0.25, -0.2) is 4.39 Å². The fourth-order valence-corrected chi connectivity index (χ4v) is 1.02. The summed E-state index contributed by atoms with van der Waals surface area (Å²) in [4.78, 5) is 0. The Balaban J connectivity index is 2.94. The minimum Gasteiger partial charge on any atom is -0.403 e. The third kappa shape index (κ3) is 3.42. The Bertz CT molecular complexity index is 344. The van der Waals surface area contributed by atoms with Crippen molar-refractivity contribution in [2.75, 3.05) is 0 Å². The summed E-state index contributed by atoms with van der Waals surface area (Å²) < 4.78 is 51.9. The van der Waals surface area contributed by atoms with Crippen molar-refractivity contribution in [1.29, 1.82) is 0 Å². The van der Waals surface area contributed by atoms with Crippen LogP contribution in [0.2, 0.25) is 0 Å². The van der Waals surface area contributed by atoms with Crippen molar-refractivity contribution in [2.45, 2.75) is 20.2 Å². The molecule has 0 amide bonds. The van der Waals surface area contributed by atoms with E-state index in [1.165, 1.54) is 6.07 Å². The van der Waals surface area contributed by atoms with Gasteiger partial charge in [-0.2, -0.15) is 0 Å². The van der Waals surface area contributed by atoms with Gasteiger partial charge in [0.15, 0.2) is 11.6 Å². The molecule has 1 aromatic carbocycles. The fraction of sp³-hybridized carbons (Fsp3) is 0.300. The fourth-order valence-electron chi connectivity index (χ4n) is 1.02. The van der Waals surface area contributed by atoms with Gasteiger partial charge in [0.25, 0.3) is 0 Å². The Labute approximate surface area is 84.7 Å². The van der Waals surface area contributed by atoms with Crippen LogP contribution in [-0.4, -0.2) is 6.36 Å². The Kier molecular flexibility index (Phi) is 3.21. The van der Waals surface area contributed by atoms with Crippen LogP contribution in [0.15, 0.2) is 18.2 Å². The molecule has 0 aliphatic heterocycles. The number of hydrogen-bond donors (Lipinski definition) is 0. The van der Waals surface area contributed by atoms with E-state index in [2.05, 4.69) is 4.74 Å². The first-order valence-corrected chi connectivity index (χ1v) is 4.15. The zero-order valence-electron chi connectivity index (χ0n) is 8.15. The van der Waals surface area contributed by atoms with Crippen LogP contribution in [0.4, 0.5) is 17.6 Å². The van der Waals surface area contributed by atoms with Crippen molar-refractivity contribution < 1.29 is 22.3 Å². The molecule has 0 saturated heterocycles. The first kappa shape index (κ1) is 11.8. The van der Waals surface area contributed by atoms with Gasteiger partial charge < -0.3 is 4.74 Å². The molecule has 5 heteroatoms. The summed E-state index contributed by atoms with van der Waals surface area (Å²) >= 11 is 0. The predicted molar refractivity (Wildman–Crippen MR) is 46.8 cm³/mol. The molecule has 0 atom stereocenters. The van der Waals surface area contributed by atoms with Gasteiger partial charge in [-0.15, -0.1) is 13.2 Å². The van der Waals surface area contributed by atoms with Gasteiger partial charge >= 0.3 is 6.36 Å². The van der Waals surface area contributed by atoms with Crippen molar-refractivity contribution in [3.63, 3.8) is 0 Å². The summed E-state index contributed by atoms with van der Waals surface area (Å²) in [6.45, 7) is 3.47. The lowest BCUT2D eigenvalue weighted by molar-refractivity contribution is -0.275. The van der Waals surface area contributed by atoms with E-state index >= 15 is 0 Å². The molecule has 0 aliphatic rings. The van der Waals surface area contributed by atoms with E-state index in [0.717, 1.165) is 18.1 Å². The van der Waals surface area contributed by atoms with Crippen molar-refractivity contribution in [2.24, 2.45) is 0 Å². The Morgan fingerprint density at radius 3 is 2.20 bits per heavy atom. The summed E-state index contributed by atoms with van der Waals surface area (Å²) in [6.07, 6.45) is -4.87. The van der Waals surface area contributed by atoms with E-state index in [1.807, 2.05) is 0 Å². The third-order valence-electron chi connectivity index (χ3n) is 1.73. The minimum absolute atomic E-state index is 0.544. The van der Waals surface area contributed by atoms with Gasteiger partial charge in [0.1, 0.15) is 0 Å². The summed E-state index contributed by atoms with van der Waals surface area (Å²) in [5.74, 6) is -1.02. The number of benzene rings is 1. The van der Waals surface area contributed by atoms with Crippen LogP contribution in [-0.2, 0) is 0 Å². The van der Waals surface area contributed by atoms with Gasteiger partial charge in [-0.05, 0) is 23.6 Å². The molecule has 15 heavy (non-hydrogen) atoms. The SMILES string of the molecule is C[C](C)c1ccc(OC(F)(F)F)c(F)c1. The van der Waals surface area contributed by atoms with E-state index in [-0.39, 0.29) is 0 Å². The largest absolute Gasteiger partial charge is 0.573 e. The van der Waals surface area contributed by atoms with E-state index in [9.17, 15) is 17.6 Å². The van der Waals surface area contributed by atoms with Crippen molar-refractivity contribution >= 4 is 0 Å². The average Bonchev–Trinajstić information content (AvgIpc) is 2.05. The Morgan fingerprint density at radius 2 is 1.80 bits per heavy atom. The molecule has 0 saturated carbocycles. The second kappa shape index (κ2) is 4.08. The second-order valence-corrected chi connectivity index (χ2v) is 3.19. The normalized spacial score (nSPS) is 11.9. The maximum atomic E-state index is 13.1. The monoisotopic (exact) mass is 221 g/mol. The summed E-state index contributed by atoms with van der Waals surface area (Å²) in [5, 5.41) is 0. The van der Waals surface area contributed by atoms with Crippen molar-refractivity contribution in [1.82, 2.24) is 0 Å². The molecule has 0 aliphatic carbocycles. The highest BCUT2D eigenvalue weighted by molar-refractivity contribution is 5.35. The molecule has 0 unspecified atom stereocenters. The Hall–Kier alpha value is -1.26. The van der Waals surface area contributed by atoms with Crippen molar-refractivity contribution in [3.8, 4) is 5.75 Å². The first-order valence-electron chi connectivity index (χ1n) is 4.15. The molecular formula is C10H9F4O. The molecule has 0 spiro atoms. The molecule has 1 aromatic rings. The number of halogens is 4. The maximum absolute atomic E-state index is 13.1. The predicted octanol–water partition coefficient (Wildman–Crippen LogP) is 3.69. The summed E-state index contributed by atoms with van der Waals surface area (Å²) in [7, 11) is 0. The van der Waals surface area contributed by atoms with Crippen LogP contribution >= 0.6 is 0 Å². The van der Waals surface area contributed by atoms with E-state index in [0.29, 0.717) is 5.56 Å². The van der Waals surface area contributed by atoms with Gasteiger partial charge in [0, 0.05) is 0 Å². The van der Waals surface area contributed by atoms with E-state index < -0.39 is 17.9 Å². The maximum Gasteiger partial charge on any atom is 0.573 e. The van der Waals surface area contributed by atoms with Crippen LogP contribution in [0.1, 0.15) is 19.4 Å². The number of ether oxygens (including phenoxy) is 1. The van der Waals surface area contributed by atoms with Gasteiger partial charge in [-0.3, -0.25) is 0 Å². The molecule has 0 fully saturated rings. The zero-order chi connectivity index (χ0) is 11.6. The summed E-state index contributed by atoms with van der Waals surface area (Å²) in [6, 6.07) is 3.35. The minimum atomic E-state index is -4.87. The summed E-state index contributed by atoms with van der Waals surface area (Å²) in [5.41, 5.74) is 0.544. The molecule has 83 valence electrons.